The molecule has 0 aliphatic heterocycles. The third-order valence-electron chi connectivity index (χ3n) is 3.11. The number of hydrogen-bond donors (Lipinski definition) is 2. The first-order valence-corrected chi connectivity index (χ1v) is 8.86. The highest BCUT2D eigenvalue weighted by atomic mass is 79.9. The minimum Gasteiger partial charge on any atom is -0.490 e. The number of nitrogens with zero attached hydrogens (tertiary/aromatic N) is 1. The van der Waals surface area contributed by atoms with Crippen LogP contribution in [0.15, 0.2) is 58.1 Å². The second kappa shape index (κ2) is 9.72. The first-order valence-electron chi connectivity index (χ1n) is 8.07. The Hall–Kier alpha value is -2.67. The van der Waals surface area contributed by atoms with Crippen molar-refractivity contribution in [3.63, 3.8) is 0 Å². The molecule has 6 nitrogen and oxygen atoms in total. The van der Waals surface area contributed by atoms with Gasteiger partial charge in [0.05, 0.1) is 12.3 Å². The van der Waals surface area contributed by atoms with Crippen molar-refractivity contribution in [2.75, 3.05) is 5.32 Å². The number of carbonyl (C=O) groups is 2. The minimum absolute atomic E-state index is 0.0135. The zero-order valence-electron chi connectivity index (χ0n) is 14.5. The third-order valence-corrected chi connectivity index (χ3v) is 3.60. The highest BCUT2D eigenvalue weighted by Crippen LogP contribution is 2.22. The topological polar surface area (TPSA) is 79.8 Å². The number of halogens is 1. The Morgan fingerprint density at radius 1 is 1.15 bits per heavy atom. The molecule has 0 atom stereocenters. The van der Waals surface area contributed by atoms with E-state index >= 15 is 0 Å². The molecular formula is C19H20BrN3O3. The summed E-state index contributed by atoms with van der Waals surface area (Å²) in [4.78, 5) is 23.7. The fourth-order valence-corrected chi connectivity index (χ4v) is 2.45. The number of benzene rings is 2. The zero-order valence-corrected chi connectivity index (χ0v) is 16.1. The van der Waals surface area contributed by atoms with E-state index in [2.05, 4.69) is 31.8 Å². The Kier molecular flexibility index (Phi) is 7.35. The number of para-hydroxylation sites is 1. The maximum absolute atomic E-state index is 11.8. The van der Waals surface area contributed by atoms with Crippen molar-refractivity contribution in [3.05, 3.63) is 58.6 Å². The molecule has 2 rings (SSSR count). The van der Waals surface area contributed by atoms with Crippen molar-refractivity contribution in [1.82, 2.24) is 5.43 Å². The molecule has 0 radical (unpaired) electrons. The molecule has 0 bridgehead atoms. The van der Waals surface area contributed by atoms with Crippen molar-refractivity contribution in [2.24, 2.45) is 5.10 Å². The van der Waals surface area contributed by atoms with E-state index in [0.29, 0.717) is 17.0 Å². The number of ether oxygens (including phenoxy) is 1. The SMILES string of the molecule is CC(C)Oc1ccc(Br)cc1C=NNC(=O)CC(=O)Nc1ccccc1. The molecule has 0 heterocycles. The predicted octanol–water partition coefficient (Wildman–Crippen LogP) is 3.72. The molecule has 0 saturated heterocycles. The molecule has 0 aliphatic carbocycles. The number of hydrazone groups is 1. The molecule has 26 heavy (non-hydrogen) atoms. The fourth-order valence-electron chi connectivity index (χ4n) is 2.07. The van der Waals surface area contributed by atoms with Crippen LogP contribution in [-0.4, -0.2) is 24.1 Å². The van der Waals surface area contributed by atoms with Crippen molar-refractivity contribution >= 4 is 39.6 Å². The van der Waals surface area contributed by atoms with Gasteiger partial charge in [-0.1, -0.05) is 34.1 Å². The quantitative estimate of drug-likeness (QED) is 0.409. The van der Waals surface area contributed by atoms with E-state index < -0.39 is 11.8 Å². The van der Waals surface area contributed by atoms with Crippen LogP contribution in [0.3, 0.4) is 0 Å². The van der Waals surface area contributed by atoms with Crippen LogP contribution in [0.1, 0.15) is 25.8 Å². The molecule has 0 aromatic heterocycles. The molecule has 2 amide bonds. The molecule has 7 heteroatoms. The summed E-state index contributed by atoms with van der Waals surface area (Å²) >= 11 is 3.39. The Morgan fingerprint density at radius 3 is 2.58 bits per heavy atom. The number of amides is 2. The van der Waals surface area contributed by atoms with Gasteiger partial charge < -0.3 is 10.1 Å². The molecule has 0 fully saturated rings. The molecular weight excluding hydrogens is 398 g/mol. The standard InChI is InChI=1S/C19H20BrN3O3/c1-13(2)26-17-9-8-15(20)10-14(17)12-21-23-19(25)11-18(24)22-16-6-4-3-5-7-16/h3-10,12-13H,11H2,1-2H3,(H,22,24)(H,23,25). The monoisotopic (exact) mass is 417 g/mol. The number of rotatable bonds is 7. The van der Waals surface area contributed by atoms with Gasteiger partial charge in [0.1, 0.15) is 12.2 Å². The highest BCUT2D eigenvalue weighted by Gasteiger charge is 2.09. The van der Waals surface area contributed by atoms with Gasteiger partial charge in [0.2, 0.25) is 11.8 Å². The van der Waals surface area contributed by atoms with Crippen LogP contribution >= 0.6 is 15.9 Å². The summed E-state index contributed by atoms with van der Waals surface area (Å²) in [5.74, 6) is -0.255. The van der Waals surface area contributed by atoms with Crippen molar-refractivity contribution in [2.45, 2.75) is 26.4 Å². The van der Waals surface area contributed by atoms with E-state index in [1.54, 1.807) is 24.3 Å². The Balaban J connectivity index is 1.90. The third kappa shape index (κ3) is 6.68. The number of hydrogen-bond acceptors (Lipinski definition) is 4. The van der Waals surface area contributed by atoms with Gasteiger partial charge >= 0.3 is 0 Å². The molecule has 0 saturated carbocycles. The second-order valence-electron chi connectivity index (χ2n) is 5.73. The van der Waals surface area contributed by atoms with Crippen molar-refractivity contribution < 1.29 is 14.3 Å². The lowest BCUT2D eigenvalue weighted by molar-refractivity contribution is -0.126. The van der Waals surface area contributed by atoms with Crippen LogP contribution in [0.4, 0.5) is 5.69 Å². The molecule has 0 aliphatic rings. The van der Waals surface area contributed by atoms with E-state index in [0.717, 1.165) is 4.47 Å². The average Bonchev–Trinajstić information content (AvgIpc) is 2.57. The fraction of sp³-hybridized carbons (Fsp3) is 0.211. The lowest BCUT2D eigenvalue weighted by atomic mass is 10.2. The summed E-state index contributed by atoms with van der Waals surface area (Å²) in [6.45, 7) is 3.85. The van der Waals surface area contributed by atoms with Crippen LogP contribution in [0.25, 0.3) is 0 Å². The van der Waals surface area contributed by atoms with Gasteiger partial charge in [0, 0.05) is 15.7 Å². The maximum atomic E-state index is 11.8. The lowest BCUT2D eigenvalue weighted by Crippen LogP contribution is -2.24. The second-order valence-corrected chi connectivity index (χ2v) is 6.65. The van der Waals surface area contributed by atoms with E-state index in [-0.39, 0.29) is 12.5 Å². The zero-order chi connectivity index (χ0) is 18.9. The smallest absolute Gasteiger partial charge is 0.249 e. The summed E-state index contributed by atoms with van der Waals surface area (Å²) in [6, 6.07) is 14.5. The molecule has 0 unspecified atom stereocenters. The number of nitrogens with one attached hydrogen (secondary N) is 2. The van der Waals surface area contributed by atoms with Gasteiger partial charge in [-0.05, 0) is 44.2 Å². The normalized spacial score (nSPS) is 10.8. The molecule has 2 aromatic rings. The van der Waals surface area contributed by atoms with E-state index in [4.69, 9.17) is 4.74 Å². The Bertz CT molecular complexity index is 792. The predicted molar refractivity (Wildman–Crippen MR) is 105 cm³/mol. The van der Waals surface area contributed by atoms with Gasteiger partial charge in [-0.3, -0.25) is 9.59 Å². The van der Waals surface area contributed by atoms with E-state index in [9.17, 15) is 9.59 Å². The minimum atomic E-state index is -0.504. The van der Waals surface area contributed by atoms with Gasteiger partial charge in [0.25, 0.3) is 0 Å². The Morgan fingerprint density at radius 2 is 1.88 bits per heavy atom. The summed E-state index contributed by atoms with van der Waals surface area (Å²) in [6.07, 6.45) is 1.18. The molecule has 2 N–H and O–H groups in total. The Labute approximate surface area is 160 Å². The molecule has 2 aromatic carbocycles. The summed E-state index contributed by atoms with van der Waals surface area (Å²) in [5.41, 5.74) is 3.69. The van der Waals surface area contributed by atoms with Crippen LogP contribution in [0, 0.1) is 0 Å². The van der Waals surface area contributed by atoms with Crippen LogP contribution < -0.4 is 15.5 Å². The van der Waals surface area contributed by atoms with Gasteiger partial charge in [0.15, 0.2) is 0 Å². The largest absolute Gasteiger partial charge is 0.490 e. The average molecular weight is 418 g/mol. The summed E-state index contributed by atoms with van der Waals surface area (Å²) < 4.78 is 6.56. The summed E-state index contributed by atoms with van der Waals surface area (Å²) in [5, 5.41) is 6.55. The number of anilines is 1. The van der Waals surface area contributed by atoms with Crippen molar-refractivity contribution in [1.29, 1.82) is 0 Å². The lowest BCUT2D eigenvalue weighted by Gasteiger charge is -2.12. The van der Waals surface area contributed by atoms with Gasteiger partial charge in [-0.2, -0.15) is 5.10 Å². The first kappa shape index (κ1) is 19.7. The molecule has 136 valence electrons. The highest BCUT2D eigenvalue weighted by molar-refractivity contribution is 9.10. The van der Waals surface area contributed by atoms with Crippen LogP contribution in [-0.2, 0) is 9.59 Å². The van der Waals surface area contributed by atoms with Gasteiger partial charge in [-0.15, -0.1) is 0 Å². The first-order chi connectivity index (χ1) is 12.4. The van der Waals surface area contributed by atoms with E-state index in [1.807, 2.05) is 38.1 Å². The van der Waals surface area contributed by atoms with Crippen LogP contribution in [0.2, 0.25) is 0 Å². The summed E-state index contributed by atoms with van der Waals surface area (Å²) in [7, 11) is 0. The van der Waals surface area contributed by atoms with E-state index in [1.165, 1.54) is 6.21 Å². The van der Waals surface area contributed by atoms with Crippen molar-refractivity contribution in [3.8, 4) is 5.75 Å². The van der Waals surface area contributed by atoms with Gasteiger partial charge in [-0.25, -0.2) is 5.43 Å². The molecule has 0 spiro atoms. The maximum Gasteiger partial charge on any atom is 0.249 e. The van der Waals surface area contributed by atoms with Crippen LogP contribution in [0.5, 0.6) is 5.75 Å². The number of carbonyl (C=O) groups excluding carboxylic acids is 2.